The van der Waals surface area contributed by atoms with Crippen LogP contribution in [-0.2, 0) is 9.53 Å². The second-order valence-corrected chi connectivity index (χ2v) is 10.1. The van der Waals surface area contributed by atoms with Crippen LogP contribution in [0.3, 0.4) is 0 Å². The average molecular weight is 463 g/mol. The van der Waals surface area contributed by atoms with Gasteiger partial charge in [-0.3, -0.25) is 4.79 Å². The van der Waals surface area contributed by atoms with E-state index in [0.29, 0.717) is 31.1 Å². The van der Waals surface area contributed by atoms with Crippen molar-refractivity contribution >= 4 is 5.78 Å². The second-order valence-electron chi connectivity index (χ2n) is 10.1. The molecule has 33 heavy (non-hydrogen) atoms. The third kappa shape index (κ3) is 7.36. The van der Waals surface area contributed by atoms with Crippen LogP contribution in [0.25, 0.3) is 0 Å². The van der Waals surface area contributed by atoms with Crippen molar-refractivity contribution in [2.75, 3.05) is 13.2 Å². The van der Waals surface area contributed by atoms with Gasteiger partial charge in [-0.2, -0.15) is 0 Å². The number of benzene rings is 1. The van der Waals surface area contributed by atoms with E-state index in [2.05, 4.69) is 0 Å². The molecule has 1 saturated heterocycles. The molecule has 6 heteroatoms. The standard InChI is InChI=1S/C27H39FO5/c1-17(2)24(30)6-4-5-19-8-10-22-21(25(31)14-26(22)32-15-19)11-9-20(29)16-33-27-13-18(3)7-12-23(27)28/h7,9,11-13,17,19-22,25-26,29,31H,4-6,8,10,14-16H2,1-3H3/b11-9+/t19-,20+,21+,22+,25+,26-/m0/s1. The maximum atomic E-state index is 13.8. The zero-order valence-corrected chi connectivity index (χ0v) is 20.1. The van der Waals surface area contributed by atoms with Gasteiger partial charge in [0.1, 0.15) is 18.5 Å². The Morgan fingerprint density at radius 1 is 1.33 bits per heavy atom. The number of aliphatic hydroxyl groups excluding tert-OH is 2. The van der Waals surface area contributed by atoms with E-state index in [1.54, 1.807) is 18.2 Å². The fraction of sp³-hybridized carbons (Fsp3) is 0.667. The van der Waals surface area contributed by atoms with E-state index >= 15 is 0 Å². The van der Waals surface area contributed by atoms with Gasteiger partial charge in [0.05, 0.1) is 12.2 Å². The smallest absolute Gasteiger partial charge is 0.165 e. The molecule has 0 aromatic heterocycles. The molecular formula is C27H39FO5. The van der Waals surface area contributed by atoms with Crippen LogP contribution >= 0.6 is 0 Å². The minimum absolute atomic E-state index is 0.0201. The zero-order chi connectivity index (χ0) is 24.0. The van der Waals surface area contributed by atoms with Gasteiger partial charge in [-0.15, -0.1) is 0 Å². The van der Waals surface area contributed by atoms with Gasteiger partial charge in [-0.1, -0.05) is 32.1 Å². The fourth-order valence-corrected chi connectivity index (χ4v) is 5.01. The lowest BCUT2D eigenvalue weighted by Gasteiger charge is -2.21. The molecule has 1 aliphatic carbocycles. The van der Waals surface area contributed by atoms with E-state index in [1.165, 1.54) is 6.07 Å². The summed E-state index contributed by atoms with van der Waals surface area (Å²) in [6, 6.07) is 4.62. The Bertz CT molecular complexity index is 808. The first-order valence-corrected chi connectivity index (χ1v) is 12.3. The molecule has 1 aliphatic heterocycles. The number of carbonyl (C=O) groups is 1. The van der Waals surface area contributed by atoms with Gasteiger partial charge in [-0.25, -0.2) is 4.39 Å². The molecule has 1 aromatic rings. The van der Waals surface area contributed by atoms with E-state index in [9.17, 15) is 19.4 Å². The van der Waals surface area contributed by atoms with Crippen molar-refractivity contribution in [3.8, 4) is 5.75 Å². The lowest BCUT2D eigenvalue weighted by atomic mass is 9.86. The summed E-state index contributed by atoms with van der Waals surface area (Å²) >= 11 is 0. The highest BCUT2D eigenvalue weighted by Crippen LogP contribution is 2.42. The first-order valence-electron chi connectivity index (χ1n) is 12.3. The second kappa shape index (κ2) is 12.1. The summed E-state index contributed by atoms with van der Waals surface area (Å²) in [5, 5.41) is 20.9. The Balaban J connectivity index is 1.49. The van der Waals surface area contributed by atoms with Gasteiger partial charge in [-0.05, 0) is 62.1 Å². The molecular weight excluding hydrogens is 423 g/mol. The first-order chi connectivity index (χ1) is 15.7. The maximum Gasteiger partial charge on any atom is 0.165 e. The Labute approximate surface area is 197 Å². The van der Waals surface area contributed by atoms with Crippen LogP contribution in [-0.4, -0.2) is 47.5 Å². The first kappa shape index (κ1) is 25.9. The van der Waals surface area contributed by atoms with E-state index in [0.717, 1.165) is 31.2 Å². The molecule has 3 rings (SSSR count). The number of carbonyl (C=O) groups excluding carboxylic acids is 1. The highest BCUT2D eigenvalue weighted by atomic mass is 19.1. The highest BCUT2D eigenvalue weighted by molar-refractivity contribution is 5.80. The van der Waals surface area contributed by atoms with E-state index < -0.39 is 18.0 Å². The number of halogens is 1. The monoisotopic (exact) mass is 462 g/mol. The summed E-state index contributed by atoms with van der Waals surface area (Å²) < 4.78 is 25.4. The number of fused-ring (bicyclic) bond motifs is 1. The molecule has 0 bridgehead atoms. The van der Waals surface area contributed by atoms with Gasteiger partial charge in [0.2, 0.25) is 0 Å². The Morgan fingerprint density at radius 3 is 2.88 bits per heavy atom. The number of rotatable bonds is 10. The quantitative estimate of drug-likeness (QED) is 0.497. The Kier molecular flexibility index (Phi) is 9.47. The van der Waals surface area contributed by atoms with Crippen molar-refractivity contribution < 1.29 is 28.9 Å². The summed E-state index contributed by atoms with van der Waals surface area (Å²) in [6.07, 6.45) is 7.25. The van der Waals surface area contributed by atoms with Gasteiger partial charge in [0, 0.05) is 31.3 Å². The number of hydrogen-bond acceptors (Lipinski definition) is 5. The molecule has 0 spiro atoms. The molecule has 1 aromatic carbocycles. The maximum absolute atomic E-state index is 13.8. The van der Waals surface area contributed by atoms with Crippen LogP contribution in [0.15, 0.2) is 30.4 Å². The third-order valence-corrected chi connectivity index (χ3v) is 7.08. The largest absolute Gasteiger partial charge is 0.487 e. The van der Waals surface area contributed by atoms with Crippen LogP contribution in [0.1, 0.15) is 57.9 Å². The molecule has 0 radical (unpaired) electrons. The summed E-state index contributed by atoms with van der Waals surface area (Å²) in [5.74, 6) is 0.664. The predicted molar refractivity (Wildman–Crippen MR) is 126 cm³/mol. The van der Waals surface area contributed by atoms with Gasteiger partial charge in [0.15, 0.2) is 11.6 Å². The SMILES string of the molecule is Cc1ccc(F)c(OC[C@H](O)/C=C/[C@@H]2[C@H]3CC[C@H](CCCC(=O)C(C)C)CO[C@H]3C[C@H]2O)c1. The van der Waals surface area contributed by atoms with Crippen molar-refractivity contribution in [2.45, 2.75) is 77.6 Å². The number of hydrogen-bond donors (Lipinski definition) is 2. The van der Waals surface area contributed by atoms with Crippen LogP contribution in [0.2, 0.25) is 0 Å². The molecule has 2 N–H and O–H groups in total. The molecule has 0 unspecified atom stereocenters. The molecule has 184 valence electrons. The number of Topliss-reactive ketones (excluding diaryl/α,β-unsaturated/α-hetero) is 1. The normalized spacial score (nSPS) is 28.6. The summed E-state index contributed by atoms with van der Waals surface area (Å²) in [7, 11) is 0. The van der Waals surface area contributed by atoms with Crippen LogP contribution < -0.4 is 4.74 Å². The summed E-state index contributed by atoms with van der Waals surface area (Å²) in [5.41, 5.74) is 0.884. The van der Waals surface area contributed by atoms with E-state index in [1.807, 2.05) is 26.8 Å². The zero-order valence-electron chi connectivity index (χ0n) is 20.1. The lowest BCUT2D eigenvalue weighted by molar-refractivity contribution is -0.122. The van der Waals surface area contributed by atoms with Crippen molar-refractivity contribution in [2.24, 2.45) is 23.7 Å². The number of ketones is 1. The molecule has 5 nitrogen and oxygen atoms in total. The fourth-order valence-electron chi connectivity index (χ4n) is 5.01. The van der Waals surface area contributed by atoms with Crippen LogP contribution in [0.5, 0.6) is 5.75 Å². The van der Waals surface area contributed by atoms with Crippen LogP contribution in [0, 0.1) is 36.4 Å². The van der Waals surface area contributed by atoms with Crippen molar-refractivity contribution in [3.63, 3.8) is 0 Å². The molecule has 1 saturated carbocycles. The number of aryl methyl sites for hydroxylation is 1. The minimum atomic E-state index is -0.894. The molecule has 1 heterocycles. The predicted octanol–water partition coefficient (Wildman–Crippen LogP) is 4.62. The van der Waals surface area contributed by atoms with Crippen molar-refractivity contribution in [3.05, 3.63) is 41.7 Å². The summed E-state index contributed by atoms with van der Waals surface area (Å²) in [4.78, 5) is 11.9. The van der Waals surface area contributed by atoms with Gasteiger partial charge >= 0.3 is 0 Å². The Morgan fingerprint density at radius 2 is 2.12 bits per heavy atom. The third-order valence-electron chi connectivity index (χ3n) is 7.08. The van der Waals surface area contributed by atoms with E-state index in [-0.39, 0.29) is 36.2 Å². The molecule has 2 fully saturated rings. The minimum Gasteiger partial charge on any atom is -0.487 e. The molecule has 2 aliphatic rings. The van der Waals surface area contributed by atoms with Crippen LogP contribution in [0.4, 0.5) is 4.39 Å². The average Bonchev–Trinajstić information content (AvgIpc) is 2.94. The lowest BCUT2D eigenvalue weighted by Crippen LogP contribution is -2.22. The number of aliphatic hydroxyl groups is 2. The summed E-state index contributed by atoms with van der Waals surface area (Å²) in [6.45, 7) is 6.37. The van der Waals surface area contributed by atoms with Gasteiger partial charge < -0.3 is 19.7 Å². The van der Waals surface area contributed by atoms with Crippen molar-refractivity contribution in [1.82, 2.24) is 0 Å². The van der Waals surface area contributed by atoms with Gasteiger partial charge in [0.25, 0.3) is 0 Å². The van der Waals surface area contributed by atoms with E-state index in [4.69, 9.17) is 9.47 Å². The molecule has 0 amide bonds. The number of ether oxygens (including phenoxy) is 2. The highest BCUT2D eigenvalue weighted by Gasteiger charge is 2.43. The van der Waals surface area contributed by atoms with Crippen molar-refractivity contribution in [1.29, 1.82) is 0 Å². The molecule has 6 atom stereocenters. The Hall–Kier alpha value is -1.76. The topological polar surface area (TPSA) is 76.0 Å².